The van der Waals surface area contributed by atoms with E-state index in [0.717, 1.165) is 41.5 Å². The second-order valence-electron chi connectivity index (χ2n) is 8.78. The Morgan fingerprint density at radius 2 is 1.86 bits per heavy atom. The molecule has 0 amide bonds. The molecule has 178 valence electrons. The van der Waals surface area contributed by atoms with E-state index in [0.29, 0.717) is 33.8 Å². The van der Waals surface area contributed by atoms with Crippen LogP contribution in [0.3, 0.4) is 0 Å². The van der Waals surface area contributed by atoms with Crippen LogP contribution in [0.4, 0.5) is 0 Å². The molecule has 5 rings (SSSR count). The van der Waals surface area contributed by atoms with Gasteiger partial charge in [0.25, 0.3) is 5.56 Å². The van der Waals surface area contributed by atoms with Gasteiger partial charge >= 0.3 is 0 Å². The Hall–Kier alpha value is -2.96. The van der Waals surface area contributed by atoms with Crippen molar-refractivity contribution in [2.24, 2.45) is 5.10 Å². The Balaban J connectivity index is 1.55. The van der Waals surface area contributed by atoms with Gasteiger partial charge in [0.1, 0.15) is 18.2 Å². The van der Waals surface area contributed by atoms with Crippen molar-refractivity contribution >= 4 is 44.6 Å². The lowest BCUT2D eigenvalue weighted by molar-refractivity contribution is 0.306. The van der Waals surface area contributed by atoms with Crippen molar-refractivity contribution in [1.82, 2.24) is 9.66 Å². The summed E-state index contributed by atoms with van der Waals surface area (Å²) in [5.74, 6) is 1.56. The summed E-state index contributed by atoms with van der Waals surface area (Å²) < 4.78 is 8.37. The molecule has 3 aromatic carbocycles. The minimum Gasteiger partial charge on any atom is -0.488 e. The summed E-state index contributed by atoms with van der Waals surface area (Å²) in [5, 5.41) is 5.75. The maximum absolute atomic E-state index is 13.6. The Labute approximate surface area is 217 Å². The maximum atomic E-state index is 13.6. The Kier molecular flexibility index (Phi) is 7.30. The molecule has 0 saturated heterocycles. The minimum atomic E-state index is -0.179. The highest BCUT2D eigenvalue weighted by molar-refractivity contribution is 9.10. The minimum absolute atomic E-state index is 0.179. The van der Waals surface area contributed by atoms with E-state index in [4.69, 9.17) is 21.3 Å². The largest absolute Gasteiger partial charge is 0.488 e. The number of nitrogens with zero attached hydrogens (tertiary/aromatic N) is 3. The lowest BCUT2D eigenvalue weighted by Crippen LogP contribution is -2.25. The second kappa shape index (κ2) is 10.8. The van der Waals surface area contributed by atoms with Crippen molar-refractivity contribution in [2.45, 2.75) is 44.6 Å². The van der Waals surface area contributed by atoms with Gasteiger partial charge in [0.2, 0.25) is 0 Å². The number of hydrogen-bond acceptors (Lipinski definition) is 4. The third-order valence-corrected chi connectivity index (χ3v) is 7.05. The van der Waals surface area contributed by atoms with Gasteiger partial charge in [0, 0.05) is 21.0 Å². The first kappa shape index (κ1) is 23.8. The SMILES string of the molecule is O=c1c2cc(Br)ccc2nc(C2CCCCC2)n1N=Cc1cc(Cl)ccc1OCc1ccccc1. The van der Waals surface area contributed by atoms with Crippen molar-refractivity contribution in [3.8, 4) is 5.75 Å². The molecule has 0 bridgehead atoms. The quantitative estimate of drug-likeness (QED) is 0.236. The molecule has 0 atom stereocenters. The fourth-order valence-electron chi connectivity index (χ4n) is 4.51. The average Bonchev–Trinajstić information content (AvgIpc) is 2.89. The maximum Gasteiger partial charge on any atom is 0.282 e. The van der Waals surface area contributed by atoms with Crippen LogP contribution in [0.2, 0.25) is 5.02 Å². The van der Waals surface area contributed by atoms with Crippen LogP contribution in [0, 0.1) is 0 Å². The first-order chi connectivity index (χ1) is 17.1. The first-order valence-corrected chi connectivity index (χ1v) is 13.0. The summed E-state index contributed by atoms with van der Waals surface area (Å²) in [7, 11) is 0. The molecule has 0 aliphatic heterocycles. The smallest absolute Gasteiger partial charge is 0.282 e. The van der Waals surface area contributed by atoms with Gasteiger partial charge in [-0.15, -0.1) is 0 Å². The summed E-state index contributed by atoms with van der Waals surface area (Å²) >= 11 is 9.76. The number of fused-ring (bicyclic) bond motifs is 1. The fourth-order valence-corrected chi connectivity index (χ4v) is 5.05. The summed E-state index contributed by atoms with van der Waals surface area (Å²) in [6.45, 7) is 0.419. The summed E-state index contributed by atoms with van der Waals surface area (Å²) in [4.78, 5) is 18.5. The van der Waals surface area contributed by atoms with Gasteiger partial charge in [0.05, 0.1) is 17.1 Å². The number of aromatic nitrogens is 2. The zero-order chi connectivity index (χ0) is 24.2. The summed E-state index contributed by atoms with van der Waals surface area (Å²) in [6.07, 6.45) is 7.14. The topological polar surface area (TPSA) is 56.5 Å². The highest BCUT2D eigenvalue weighted by Gasteiger charge is 2.22. The fraction of sp³-hybridized carbons (Fsp3) is 0.250. The molecule has 1 aromatic heterocycles. The third kappa shape index (κ3) is 5.49. The van der Waals surface area contributed by atoms with Crippen LogP contribution in [0.25, 0.3) is 10.9 Å². The van der Waals surface area contributed by atoms with E-state index in [1.807, 2.05) is 48.5 Å². The average molecular weight is 551 g/mol. The van der Waals surface area contributed by atoms with Crippen LogP contribution in [-0.4, -0.2) is 15.9 Å². The van der Waals surface area contributed by atoms with Crippen molar-refractivity contribution < 1.29 is 4.74 Å². The van der Waals surface area contributed by atoms with Gasteiger partial charge in [-0.2, -0.15) is 9.78 Å². The predicted octanol–water partition coefficient (Wildman–Crippen LogP) is 7.32. The van der Waals surface area contributed by atoms with Crippen molar-refractivity contribution in [3.63, 3.8) is 0 Å². The highest BCUT2D eigenvalue weighted by atomic mass is 79.9. The van der Waals surface area contributed by atoms with Gasteiger partial charge in [-0.1, -0.05) is 77.1 Å². The van der Waals surface area contributed by atoms with Crippen LogP contribution in [-0.2, 0) is 6.61 Å². The van der Waals surface area contributed by atoms with Gasteiger partial charge < -0.3 is 4.74 Å². The third-order valence-electron chi connectivity index (χ3n) is 6.32. The Bertz CT molecular complexity index is 1430. The van der Waals surface area contributed by atoms with Crippen LogP contribution in [0.5, 0.6) is 5.75 Å². The van der Waals surface area contributed by atoms with Crippen molar-refractivity contribution in [3.05, 3.63) is 104 Å². The molecule has 0 spiro atoms. The van der Waals surface area contributed by atoms with Gasteiger partial charge in [0.15, 0.2) is 0 Å². The van der Waals surface area contributed by atoms with Crippen LogP contribution < -0.4 is 10.3 Å². The molecule has 0 unspecified atom stereocenters. The molecule has 0 N–H and O–H groups in total. The van der Waals surface area contributed by atoms with E-state index < -0.39 is 0 Å². The molecular formula is C28H25BrClN3O2. The number of benzene rings is 3. The molecule has 0 radical (unpaired) electrons. The normalized spacial score (nSPS) is 14.6. The molecule has 1 aliphatic carbocycles. The lowest BCUT2D eigenvalue weighted by Gasteiger charge is -2.22. The Morgan fingerprint density at radius 3 is 2.66 bits per heavy atom. The van der Waals surface area contributed by atoms with E-state index in [9.17, 15) is 4.79 Å². The Morgan fingerprint density at radius 1 is 1.06 bits per heavy atom. The van der Waals surface area contributed by atoms with Gasteiger partial charge in [-0.3, -0.25) is 4.79 Å². The number of rotatable bonds is 6. The number of hydrogen-bond donors (Lipinski definition) is 0. The second-order valence-corrected chi connectivity index (χ2v) is 10.1. The predicted molar refractivity (Wildman–Crippen MR) is 145 cm³/mol. The number of halogens is 2. The molecule has 1 heterocycles. The molecule has 35 heavy (non-hydrogen) atoms. The molecule has 5 nitrogen and oxygen atoms in total. The highest BCUT2D eigenvalue weighted by Crippen LogP contribution is 2.32. The van der Waals surface area contributed by atoms with Crippen molar-refractivity contribution in [2.75, 3.05) is 0 Å². The van der Waals surface area contributed by atoms with E-state index in [1.165, 1.54) is 11.1 Å². The molecule has 1 aliphatic rings. The summed E-state index contributed by atoms with van der Waals surface area (Å²) in [5.41, 5.74) is 2.27. The summed E-state index contributed by atoms with van der Waals surface area (Å²) in [6, 6.07) is 21.0. The van der Waals surface area contributed by atoms with Gasteiger partial charge in [-0.05, 0) is 54.8 Å². The van der Waals surface area contributed by atoms with E-state index in [-0.39, 0.29) is 11.5 Å². The standard InChI is InChI=1S/C28H25BrClN3O2/c29-22-11-13-25-24(16-22)28(34)33(27(32-25)20-9-5-2-6-10-20)31-17-21-15-23(30)12-14-26(21)35-18-19-7-3-1-4-8-19/h1,3-4,7-8,11-17,20H,2,5-6,9-10,18H2. The van der Waals surface area contributed by atoms with Crippen molar-refractivity contribution in [1.29, 1.82) is 0 Å². The van der Waals surface area contributed by atoms with E-state index >= 15 is 0 Å². The molecule has 1 fully saturated rings. The molecule has 1 saturated carbocycles. The van der Waals surface area contributed by atoms with Crippen LogP contribution >= 0.6 is 27.5 Å². The number of ether oxygens (including phenoxy) is 1. The monoisotopic (exact) mass is 549 g/mol. The van der Waals surface area contributed by atoms with E-state index in [2.05, 4.69) is 21.0 Å². The zero-order valence-corrected chi connectivity index (χ0v) is 21.5. The lowest BCUT2D eigenvalue weighted by atomic mass is 9.88. The van der Waals surface area contributed by atoms with E-state index in [1.54, 1.807) is 24.4 Å². The zero-order valence-electron chi connectivity index (χ0n) is 19.2. The van der Waals surface area contributed by atoms with Gasteiger partial charge in [-0.25, -0.2) is 4.98 Å². The van der Waals surface area contributed by atoms with Crippen LogP contribution in [0.1, 0.15) is 55.0 Å². The van der Waals surface area contributed by atoms with Crippen LogP contribution in [0.15, 0.2) is 81.1 Å². The molecule has 7 heteroatoms. The molecule has 4 aromatic rings. The first-order valence-electron chi connectivity index (χ1n) is 11.8. The molecular weight excluding hydrogens is 526 g/mol.